The van der Waals surface area contributed by atoms with E-state index in [9.17, 15) is 0 Å². The molecule has 0 saturated carbocycles. The van der Waals surface area contributed by atoms with Crippen molar-refractivity contribution in [1.82, 2.24) is 9.97 Å². The van der Waals surface area contributed by atoms with Crippen LogP contribution in [0, 0.1) is 0 Å². The van der Waals surface area contributed by atoms with Crippen LogP contribution >= 0.6 is 23.6 Å². The van der Waals surface area contributed by atoms with Crippen LogP contribution in [0.3, 0.4) is 0 Å². The average molecular weight is 290 g/mol. The van der Waals surface area contributed by atoms with Crippen LogP contribution in [0.2, 0.25) is 0 Å². The molecule has 6 heteroatoms. The Labute approximate surface area is 121 Å². The number of aryl methyl sites for hydroxylation is 1. The van der Waals surface area contributed by atoms with Gasteiger partial charge in [-0.1, -0.05) is 12.2 Å². The fraction of sp³-hybridized carbons (Fsp3) is 0.308. The number of nitrogens with one attached hydrogen (secondary N) is 1. The van der Waals surface area contributed by atoms with Crippen LogP contribution in [-0.2, 0) is 6.42 Å². The van der Waals surface area contributed by atoms with Gasteiger partial charge in [0, 0.05) is 4.88 Å². The fourth-order valence-electron chi connectivity index (χ4n) is 2.34. The van der Waals surface area contributed by atoms with Gasteiger partial charge in [-0.15, -0.1) is 11.3 Å². The normalized spacial score (nSPS) is 17.8. The number of nitrogens with zero attached hydrogens (tertiary/aromatic N) is 2. The Morgan fingerprint density at radius 3 is 3.05 bits per heavy atom. The summed E-state index contributed by atoms with van der Waals surface area (Å²) in [5.74, 6) is 0.768. The van der Waals surface area contributed by atoms with Gasteiger partial charge in [0.1, 0.15) is 16.5 Å². The van der Waals surface area contributed by atoms with E-state index >= 15 is 0 Å². The van der Waals surface area contributed by atoms with E-state index < -0.39 is 0 Å². The molecule has 4 nitrogen and oxygen atoms in total. The third-order valence-corrected chi connectivity index (χ3v) is 4.48. The van der Waals surface area contributed by atoms with Crippen molar-refractivity contribution in [3.05, 3.63) is 40.0 Å². The van der Waals surface area contributed by atoms with E-state index in [0.29, 0.717) is 11.7 Å². The van der Waals surface area contributed by atoms with Crippen molar-refractivity contribution in [2.75, 3.05) is 5.32 Å². The maximum atomic E-state index is 5.51. The van der Waals surface area contributed by atoms with Crippen molar-refractivity contribution in [2.24, 2.45) is 5.73 Å². The van der Waals surface area contributed by atoms with Gasteiger partial charge in [0.05, 0.1) is 18.4 Å². The SMILES string of the molecule is NC(=S)c1cnc(NC2CCCc3sccc32)cn1. The molecule has 0 aliphatic heterocycles. The Bertz CT molecular complexity index is 591. The lowest BCUT2D eigenvalue weighted by atomic mass is 9.94. The Morgan fingerprint density at radius 2 is 2.32 bits per heavy atom. The highest BCUT2D eigenvalue weighted by molar-refractivity contribution is 7.80. The number of hydrogen-bond acceptors (Lipinski definition) is 5. The first-order valence-corrected chi connectivity index (χ1v) is 7.47. The van der Waals surface area contributed by atoms with Gasteiger partial charge in [0.25, 0.3) is 0 Å². The van der Waals surface area contributed by atoms with E-state index in [1.165, 1.54) is 23.3 Å². The third kappa shape index (κ3) is 2.59. The van der Waals surface area contributed by atoms with Crippen molar-refractivity contribution >= 4 is 34.4 Å². The lowest BCUT2D eigenvalue weighted by Crippen LogP contribution is -2.17. The number of rotatable bonds is 3. The molecule has 1 aliphatic carbocycles. The van der Waals surface area contributed by atoms with Crippen LogP contribution in [0.25, 0.3) is 0 Å². The van der Waals surface area contributed by atoms with E-state index in [4.69, 9.17) is 18.0 Å². The first-order valence-electron chi connectivity index (χ1n) is 6.18. The molecule has 3 N–H and O–H groups in total. The molecule has 0 fully saturated rings. The quantitative estimate of drug-likeness (QED) is 0.851. The summed E-state index contributed by atoms with van der Waals surface area (Å²) in [5, 5.41) is 5.60. The van der Waals surface area contributed by atoms with Gasteiger partial charge < -0.3 is 11.1 Å². The lowest BCUT2D eigenvalue weighted by Gasteiger charge is -2.24. The zero-order valence-electron chi connectivity index (χ0n) is 10.3. The molecule has 0 aromatic carbocycles. The summed E-state index contributed by atoms with van der Waals surface area (Å²) in [5.41, 5.74) is 7.46. The van der Waals surface area contributed by atoms with Crippen molar-refractivity contribution in [1.29, 1.82) is 0 Å². The Kier molecular flexibility index (Phi) is 3.44. The summed E-state index contributed by atoms with van der Waals surface area (Å²) < 4.78 is 0. The van der Waals surface area contributed by atoms with Gasteiger partial charge in [0.15, 0.2) is 0 Å². The maximum Gasteiger partial charge on any atom is 0.145 e. The van der Waals surface area contributed by atoms with Crippen molar-refractivity contribution in [3.8, 4) is 0 Å². The predicted molar refractivity (Wildman–Crippen MR) is 81.5 cm³/mol. The van der Waals surface area contributed by atoms with Crippen LogP contribution in [0.4, 0.5) is 5.82 Å². The molecule has 2 aromatic heterocycles. The largest absolute Gasteiger partial charge is 0.388 e. The molecule has 1 unspecified atom stereocenters. The summed E-state index contributed by atoms with van der Waals surface area (Å²) in [6, 6.07) is 2.54. The van der Waals surface area contributed by atoms with Crippen molar-refractivity contribution in [3.63, 3.8) is 0 Å². The number of thiophene rings is 1. The van der Waals surface area contributed by atoms with Crippen molar-refractivity contribution in [2.45, 2.75) is 25.3 Å². The number of aromatic nitrogens is 2. The molecule has 98 valence electrons. The average Bonchev–Trinajstić information content (AvgIpc) is 2.89. The van der Waals surface area contributed by atoms with E-state index in [1.54, 1.807) is 12.4 Å². The maximum absolute atomic E-state index is 5.51. The monoisotopic (exact) mass is 290 g/mol. The highest BCUT2D eigenvalue weighted by atomic mass is 32.1. The van der Waals surface area contributed by atoms with Gasteiger partial charge in [0.2, 0.25) is 0 Å². The molecule has 0 amide bonds. The van der Waals surface area contributed by atoms with Crippen molar-refractivity contribution < 1.29 is 0 Å². The number of anilines is 1. The predicted octanol–water partition coefficient (Wildman–Crippen LogP) is 2.66. The van der Waals surface area contributed by atoms with Crippen LogP contribution in [-0.4, -0.2) is 15.0 Å². The number of hydrogen-bond donors (Lipinski definition) is 2. The van der Waals surface area contributed by atoms with E-state index in [2.05, 4.69) is 26.7 Å². The number of nitrogens with two attached hydrogens (primary N) is 1. The number of thiocarbonyl (C=S) groups is 1. The molecule has 0 spiro atoms. The van der Waals surface area contributed by atoms with E-state index in [0.717, 1.165) is 12.2 Å². The molecule has 0 radical (unpaired) electrons. The van der Waals surface area contributed by atoms with Gasteiger partial charge >= 0.3 is 0 Å². The second kappa shape index (κ2) is 5.22. The zero-order valence-corrected chi connectivity index (χ0v) is 11.9. The first-order chi connectivity index (χ1) is 9.24. The molecule has 0 bridgehead atoms. The van der Waals surface area contributed by atoms with Crippen LogP contribution in [0.1, 0.15) is 35.0 Å². The molecule has 0 saturated heterocycles. The minimum atomic E-state index is 0.275. The highest BCUT2D eigenvalue weighted by Crippen LogP contribution is 2.34. The van der Waals surface area contributed by atoms with Gasteiger partial charge in [-0.25, -0.2) is 9.97 Å². The summed E-state index contributed by atoms with van der Waals surface area (Å²) in [4.78, 5) is 10.3. The molecule has 1 atom stereocenters. The third-order valence-electron chi connectivity index (χ3n) is 3.28. The molecular weight excluding hydrogens is 276 g/mol. The van der Waals surface area contributed by atoms with Crippen LogP contribution in [0.5, 0.6) is 0 Å². The summed E-state index contributed by atoms with van der Waals surface area (Å²) >= 11 is 6.70. The molecule has 3 rings (SSSR count). The van der Waals surface area contributed by atoms with Gasteiger partial charge in [-0.05, 0) is 36.3 Å². The minimum absolute atomic E-state index is 0.275. The Balaban J connectivity index is 1.78. The highest BCUT2D eigenvalue weighted by Gasteiger charge is 2.21. The Hall–Kier alpha value is -1.53. The molecule has 2 heterocycles. The summed E-state index contributed by atoms with van der Waals surface area (Å²) in [6.07, 6.45) is 6.83. The first kappa shape index (κ1) is 12.5. The second-order valence-electron chi connectivity index (χ2n) is 4.54. The van der Waals surface area contributed by atoms with E-state index in [1.807, 2.05) is 11.3 Å². The number of fused-ring (bicyclic) bond motifs is 1. The molecular formula is C13H14N4S2. The molecule has 19 heavy (non-hydrogen) atoms. The standard InChI is InChI=1S/C13H14N4S2/c14-13(18)10-6-16-12(7-15-10)17-9-2-1-3-11-8(9)4-5-19-11/h4-7,9H,1-3H2,(H2,14,18)(H,16,17). The van der Waals surface area contributed by atoms with Gasteiger partial charge in [-0.3, -0.25) is 0 Å². The van der Waals surface area contributed by atoms with E-state index in [-0.39, 0.29) is 4.99 Å². The van der Waals surface area contributed by atoms with Gasteiger partial charge in [-0.2, -0.15) is 0 Å². The van der Waals surface area contributed by atoms with Crippen LogP contribution in [0.15, 0.2) is 23.8 Å². The Morgan fingerprint density at radius 1 is 1.42 bits per heavy atom. The van der Waals surface area contributed by atoms with Crippen LogP contribution < -0.4 is 11.1 Å². The summed E-state index contributed by atoms with van der Waals surface area (Å²) in [7, 11) is 0. The summed E-state index contributed by atoms with van der Waals surface area (Å²) in [6.45, 7) is 0. The topological polar surface area (TPSA) is 63.8 Å². The fourth-order valence-corrected chi connectivity index (χ4v) is 3.44. The molecule has 2 aromatic rings. The second-order valence-corrected chi connectivity index (χ2v) is 5.98. The minimum Gasteiger partial charge on any atom is -0.388 e. The lowest BCUT2D eigenvalue weighted by molar-refractivity contribution is 0.606. The smallest absolute Gasteiger partial charge is 0.145 e. The molecule has 1 aliphatic rings. The zero-order chi connectivity index (χ0) is 13.2.